The van der Waals surface area contributed by atoms with E-state index in [1.807, 2.05) is 56.3 Å². The van der Waals surface area contributed by atoms with Gasteiger partial charge in [-0.25, -0.2) is 5.43 Å². The third-order valence-corrected chi connectivity index (χ3v) is 5.01. The molecule has 9 heteroatoms. The third kappa shape index (κ3) is 7.98. The molecule has 0 radical (unpaired) electrons. The van der Waals surface area contributed by atoms with Crippen LogP contribution < -0.4 is 25.5 Å². The molecule has 0 saturated carbocycles. The molecule has 0 unspecified atom stereocenters. The number of anilines is 1. The Kier molecular flexibility index (Phi) is 9.16. The van der Waals surface area contributed by atoms with E-state index in [1.54, 1.807) is 24.3 Å². The Morgan fingerprint density at radius 1 is 0.889 bits per heavy atom. The van der Waals surface area contributed by atoms with Crippen LogP contribution in [0.4, 0.5) is 5.69 Å². The summed E-state index contributed by atoms with van der Waals surface area (Å²) in [6.07, 6.45) is 1.36. The number of hydrogen-bond donors (Lipinski definition) is 3. The fraction of sp³-hybridized carbons (Fsp3) is 0.185. The van der Waals surface area contributed by atoms with Crippen molar-refractivity contribution in [2.75, 3.05) is 19.0 Å². The Balaban J connectivity index is 1.48. The number of aryl methyl sites for hydroxylation is 2. The quantitative estimate of drug-likeness (QED) is 0.243. The Morgan fingerprint density at radius 3 is 2.39 bits per heavy atom. The van der Waals surface area contributed by atoms with Crippen LogP contribution in [0.1, 0.15) is 22.3 Å². The molecule has 3 aromatic rings. The van der Waals surface area contributed by atoms with E-state index in [1.165, 1.54) is 13.3 Å². The van der Waals surface area contributed by atoms with Gasteiger partial charge in [-0.15, -0.1) is 0 Å². The van der Waals surface area contributed by atoms with Crippen molar-refractivity contribution in [2.45, 2.75) is 20.4 Å². The Labute approximate surface area is 209 Å². The van der Waals surface area contributed by atoms with Crippen molar-refractivity contribution >= 4 is 29.6 Å². The zero-order valence-electron chi connectivity index (χ0n) is 20.3. The van der Waals surface area contributed by atoms with Crippen molar-refractivity contribution in [3.05, 3.63) is 89.0 Å². The first-order valence-corrected chi connectivity index (χ1v) is 11.2. The van der Waals surface area contributed by atoms with Crippen LogP contribution >= 0.6 is 0 Å². The van der Waals surface area contributed by atoms with Crippen molar-refractivity contribution in [3.8, 4) is 11.5 Å². The lowest BCUT2D eigenvalue weighted by Gasteiger charge is -2.11. The molecule has 0 aromatic heterocycles. The molecule has 0 spiro atoms. The van der Waals surface area contributed by atoms with Gasteiger partial charge in [0.15, 0.2) is 18.1 Å². The minimum Gasteiger partial charge on any atom is -0.493 e. The van der Waals surface area contributed by atoms with Crippen LogP contribution in [0.15, 0.2) is 71.8 Å². The average molecular weight is 489 g/mol. The summed E-state index contributed by atoms with van der Waals surface area (Å²) in [5, 5.41) is 9.13. The normalized spacial score (nSPS) is 10.5. The maximum absolute atomic E-state index is 12.2. The molecule has 0 aliphatic heterocycles. The van der Waals surface area contributed by atoms with Gasteiger partial charge in [-0.1, -0.05) is 42.0 Å². The highest BCUT2D eigenvalue weighted by Gasteiger charge is 2.12. The molecule has 3 N–H and O–H groups in total. The number of benzene rings is 3. The van der Waals surface area contributed by atoms with Crippen LogP contribution in [0.2, 0.25) is 0 Å². The van der Waals surface area contributed by atoms with Crippen molar-refractivity contribution in [2.24, 2.45) is 5.10 Å². The molecule has 3 amide bonds. The van der Waals surface area contributed by atoms with Crippen LogP contribution in [-0.4, -0.2) is 37.7 Å². The number of hydrazone groups is 1. The molecular weight excluding hydrogens is 460 g/mol. The molecule has 36 heavy (non-hydrogen) atoms. The number of amides is 3. The van der Waals surface area contributed by atoms with E-state index >= 15 is 0 Å². The topological polar surface area (TPSA) is 118 Å². The van der Waals surface area contributed by atoms with Crippen LogP contribution in [0, 0.1) is 13.8 Å². The molecule has 0 aliphatic carbocycles. The van der Waals surface area contributed by atoms with E-state index in [-0.39, 0.29) is 19.1 Å². The van der Waals surface area contributed by atoms with Crippen molar-refractivity contribution in [1.82, 2.24) is 10.7 Å². The second kappa shape index (κ2) is 12.7. The van der Waals surface area contributed by atoms with E-state index in [4.69, 9.17) is 9.47 Å². The van der Waals surface area contributed by atoms with Crippen molar-refractivity contribution in [3.63, 3.8) is 0 Å². The zero-order valence-corrected chi connectivity index (χ0v) is 20.3. The highest BCUT2D eigenvalue weighted by molar-refractivity contribution is 6.35. The summed E-state index contributed by atoms with van der Waals surface area (Å²) >= 11 is 0. The van der Waals surface area contributed by atoms with E-state index in [9.17, 15) is 14.4 Å². The first-order valence-electron chi connectivity index (χ1n) is 11.2. The van der Waals surface area contributed by atoms with E-state index in [2.05, 4.69) is 21.2 Å². The molecule has 0 atom stereocenters. The highest BCUT2D eigenvalue weighted by atomic mass is 16.5. The summed E-state index contributed by atoms with van der Waals surface area (Å²) in [5.74, 6) is -1.24. The van der Waals surface area contributed by atoms with Crippen LogP contribution in [0.25, 0.3) is 0 Å². The van der Waals surface area contributed by atoms with Gasteiger partial charge in [-0.05, 0) is 60.9 Å². The molecular formula is C27H28N4O5. The van der Waals surface area contributed by atoms with Gasteiger partial charge >= 0.3 is 11.8 Å². The number of nitrogens with one attached hydrogen (secondary N) is 3. The van der Waals surface area contributed by atoms with E-state index in [0.717, 1.165) is 16.7 Å². The molecule has 3 rings (SSSR count). The lowest BCUT2D eigenvalue weighted by atomic mass is 10.1. The number of methoxy groups -OCH3 is 1. The number of carbonyl (C=O) groups is 3. The van der Waals surface area contributed by atoms with Gasteiger partial charge in [-0.3, -0.25) is 14.4 Å². The fourth-order valence-electron chi connectivity index (χ4n) is 3.13. The Bertz CT molecular complexity index is 1260. The Hall–Kier alpha value is -4.66. The first kappa shape index (κ1) is 26.0. The van der Waals surface area contributed by atoms with E-state index in [0.29, 0.717) is 22.7 Å². The maximum Gasteiger partial charge on any atom is 0.329 e. The van der Waals surface area contributed by atoms with Gasteiger partial charge < -0.3 is 20.1 Å². The van der Waals surface area contributed by atoms with Gasteiger partial charge in [0.25, 0.3) is 5.91 Å². The van der Waals surface area contributed by atoms with Crippen LogP contribution in [0.3, 0.4) is 0 Å². The molecule has 186 valence electrons. The Morgan fingerprint density at radius 2 is 1.67 bits per heavy atom. The molecule has 0 bridgehead atoms. The maximum atomic E-state index is 12.2. The zero-order chi connectivity index (χ0) is 25.9. The summed E-state index contributed by atoms with van der Waals surface area (Å²) in [6, 6.07) is 20.0. The molecule has 9 nitrogen and oxygen atoms in total. The van der Waals surface area contributed by atoms with Crippen molar-refractivity contribution < 1.29 is 23.9 Å². The number of ether oxygens (including phenoxy) is 2. The standard InChI is InChI=1S/C27H28N4O5/c1-18-7-9-20(10-8-18)15-28-26(33)27(34)31-29-16-21-11-12-23(24(14-21)35-3)36-17-25(32)30-22-6-4-5-19(2)13-22/h4-14,16H,15,17H2,1-3H3,(H,28,33)(H,30,32)(H,31,34)/b29-16-. The van der Waals surface area contributed by atoms with Gasteiger partial charge in [0.05, 0.1) is 13.3 Å². The molecule has 0 heterocycles. The molecule has 0 aliphatic rings. The molecule has 3 aromatic carbocycles. The van der Waals surface area contributed by atoms with Gasteiger partial charge in [-0.2, -0.15) is 5.10 Å². The van der Waals surface area contributed by atoms with Gasteiger partial charge in [0.1, 0.15) is 0 Å². The average Bonchev–Trinajstić information content (AvgIpc) is 2.87. The molecule has 0 fully saturated rings. The molecule has 0 saturated heterocycles. The van der Waals surface area contributed by atoms with Crippen LogP contribution in [0.5, 0.6) is 11.5 Å². The second-order valence-electron chi connectivity index (χ2n) is 7.98. The number of rotatable bonds is 9. The van der Waals surface area contributed by atoms with Gasteiger partial charge in [0, 0.05) is 12.2 Å². The minimum absolute atomic E-state index is 0.203. The second-order valence-corrected chi connectivity index (χ2v) is 7.98. The van der Waals surface area contributed by atoms with Gasteiger partial charge in [0.2, 0.25) is 0 Å². The number of carbonyl (C=O) groups excluding carboxylic acids is 3. The summed E-state index contributed by atoms with van der Waals surface area (Å²) in [6.45, 7) is 3.94. The number of hydrogen-bond acceptors (Lipinski definition) is 6. The summed E-state index contributed by atoms with van der Waals surface area (Å²) in [7, 11) is 1.47. The van der Waals surface area contributed by atoms with E-state index < -0.39 is 11.8 Å². The summed E-state index contributed by atoms with van der Waals surface area (Å²) in [5.41, 5.74) is 6.49. The highest BCUT2D eigenvalue weighted by Crippen LogP contribution is 2.27. The largest absolute Gasteiger partial charge is 0.493 e. The lowest BCUT2D eigenvalue weighted by molar-refractivity contribution is -0.139. The summed E-state index contributed by atoms with van der Waals surface area (Å²) < 4.78 is 10.9. The predicted octanol–water partition coefficient (Wildman–Crippen LogP) is 3.10. The fourth-order valence-corrected chi connectivity index (χ4v) is 3.13. The van der Waals surface area contributed by atoms with Crippen molar-refractivity contribution in [1.29, 1.82) is 0 Å². The SMILES string of the molecule is COc1cc(/C=N\NC(=O)C(=O)NCc2ccc(C)cc2)ccc1OCC(=O)Nc1cccc(C)c1. The lowest BCUT2D eigenvalue weighted by Crippen LogP contribution is -2.37. The van der Waals surface area contributed by atoms with Crippen LogP contribution in [-0.2, 0) is 20.9 Å². The first-order chi connectivity index (χ1) is 17.3. The monoisotopic (exact) mass is 488 g/mol. The smallest absolute Gasteiger partial charge is 0.329 e. The third-order valence-electron chi connectivity index (χ3n) is 5.01. The summed E-state index contributed by atoms with van der Waals surface area (Å²) in [4.78, 5) is 36.1. The number of nitrogens with zero attached hydrogens (tertiary/aromatic N) is 1. The predicted molar refractivity (Wildman–Crippen MR) is 137 cm³/mol. The minimum atomic E-state index is -0.884.